The van der Waals surface area contributed by atoms with E-state index in [1.165, 1.54) is 19.3 Å². The monoisotopic (exact) mass is 347 g/mol. The fraction of sp³-hybridized carbons (Fsp3) is 0.500. The van der Waals surface area contributed by atoms with E-state index in [1.54, 1.807) is 0 Å². The number of hydrogen-bond acceptors (Lipinski definition) is 2. The summed E-state index contributed by atoms with van der Waals surface area (Å²) in [7, 11) is 0. The third-order valence-corrected chi connectivity index (χ3v) is 4.14. The summed E-state index contributed by atoms with van der Waals surface area (Å²) in [6.45, 7) is 1.78. The van der Waals surface area contributed by atoms with Gasteiger partial charge in [0.15, 0.2) is 0 Å². The highest BCUT2D eigenvalue weighted by molar-refractivity contribution is 9.11. The molecule has 1 aliphatic rings. The first-order chi connectivity index (χ1) is 7.66. The van der Waals surface area contributed by atoms with Crippen LogP contribution in [-0.4, -0.2) is 11.7 Å². The molecule has 88 valence electrons. The van der Waals surface area contributed by atoms with Gasteiger partial charge in [0, 0.05) is 16.6 Å². The van der Waals surface area contributed by atoms with Gasteiger partial charge in [0.1, 0.15) is 5.75 Å². The van der Waals surface area contributed by atoms with Crippen molar-refractivity contribution in [3.8, 4) is 5.75 Å². The van der Waals surface area contributed by atoms with Gasteiger partial charge in [0.05, 0.1) is 4.47 Å². The Morgan fingerprint density at radius 1 is 1.31 bits per heavy atom. The Kier molecular flexibility index (Phi) is 4.27. The van der Waals surface area contributed by atoms with Crippen molar-refractivity contribution in [2.24, 2.45) is 5.92 Å². The molecule has 0 radical (unpaired) electrons. The van der Waals surface area contributed by atoms with E-state index < -0.39 is 0 Å². The second-order valence-corrected chi connectivity index (χ2v) is 6.09. The van der Waals surface area contributed by atoms with Gasteiger partial charge in [0.2, 0.25) is 0 Å². The second-order valence-electron chi connectivity index (χ2n) is 4.32. The molecular weight excluding hydrogens is 334 g/mol. The van der Waals surface area contributed by atoms with Gasteiger partial charge in [-0.05, 0) is 53.4 Å². The van der Waals surface area contributed by atoms with Crippen LogP contribution in [0.15, 0.2) is 21.1 Å². The summed E-state index contributed by atoms with van der Waals surface area (Å²) in [5.41, 5.74) is 0.931. The van der Waals surface area contributed by atoms with Crippen LogP contribution in [0.25, 0.3) is 0 Å². The molecule has 2 nitrogen and oxygen atoms in total. The van der Waals surface area contributed by atoms with Crippen LogP contribution < -0.4 is 5.32 Å². The molecule has 0 heterocycles. The fourth-order valence-corrected chi connectivity index (χ4v) is 3.18. The Hall–Kier alpha value is -0.0600. The molecular formula is C12H15Br2NO. The third kappa shape index (κ3) is 2.99. The Morgan fingerprint density at radius 3 is 2.69 bits per heavy atom. The van der Waals surface area contributed by atoms with Crippen molar-refractivity contribution < 1.29 is 5.11 Å². The molecule has 0 atom stereocenters. The summed E-state index contributed by atoms with van der Waals surface area (Å²) < 4.78 is 1.72. The minimum atomic E-state index is 0.337. The van der Waals surface area contributed by atoms with Crippen molar-refractivity contribution in [1.82, 2.24) is 5.32 Å². The van der Waals surface area contributed by atoms with Gasteiger partial charge in [-0.15, -0.1) is 0 Å². The van der Waals surface area contributed by atoms with Crippen LogP contribution in [0.2, 0.25) is 0 Å². The minimum absolute atomic E-state index is 0.337. The molecule has 0 spiro atoms. The highest BCUT2D eigenvalue weighted by atomic mass is 79.9. The molecule has 0 aliphatic heterocycles. The van der Waals surface area contributed by atoms with Gasteiger partial charge in [-0.1, -0.05) is 22.4 Å². The second kappa shape index (κ2) is 5.52. The molecule has 0 amide bonds. The van der Waals surface area contributed by atoms with Crippen LogP contribution in [0.3, 0.4) is 0 Å². The molecule has 1 aromatic rings. The van der Waals surface area contributed by atoms with Gasteiger partial charge in [0.25, 0.3) is 0 Å². The van der Waals surface area contributed by atoms with E-state index in [0.717, 1.165) is 33.5 Å². The SMILES string of the molecule is Oc1c(Br)cc(Br)cc1CNCC1CCC1. The first-order valence-electron chi connectivity index (χ1n) is 5.54. The van der Waals surface area contributed by atoms with Crippen LogP contribution in [0.4, 0.5) is 0 Å². The van der Waals surface area contributed by atoms with E-state index in [-0.39, 0.29) is 0 Å². The number of phenols is 1. The zero-order chi connectivity index (χ0) is 11.5. The maximum atomic E-state index is 9.85. The molecule has 0 saturated heterocycles. The summed E-state index contributed by atoms with van der Waals surface area (Å²) in [5.74, 6) is 1.18. The predicted octanol–water partition coefficient (Wildman–Crippen LogP) is 3.81. The zero-order valence-corrected chi connectivity index (χ0v) is 12.1. The molecule has 2 N–H and O–H groups in total. The van der Waals surface area contributed by atoms with Crippen molar-refractivity contribution >= 4 is 31.9 Å². The number of hydrogen-bond donors (Lipinski definition) is 2. The average molecular weight is 349 g/mol. The van der Waals surface area contributed by atoms with Crippen LogP contribution in [0.5, 0.6) is 5.75 Å². The maximum Gasteiger partial charge on any atom is 0.134 e. The van der Waals surface area contributed by atoms with E-state index in [1.807, 2.05) is 12.1 Å². The topological polar surface area (TPSA) is 32.3 Å². The van der Waals surface area contributed by atoms with Crippen LogP contribution in [0.1, 0.15) is 24.8 Å². The summed E-state index contributed by atoms with van der Waals surface area (Å²) in [5, 5.41) is 13.2. The number of halogens is 2. The molecule has 2 rings (SSSR count). The quantitative estimate of drug-likeness (QED) is 0.867. The molecule has 1 saturated carbocycles. The Labute approximate surface area is 113 Å². The van der Waals surface area contributed by atoms with E-state index in [2.05, 4.69) is 37.2 Å². The lowest BCUT2D eigenvalue weighted by Crippen LogP contribution is -2.26. The summed E-state index contributed by atoms with van der Waals surface area (Å²) in [6.07, 6.45) is 4.07. The molecule has 0 unspecified atom stereocenters. The lowest BCUT2D eigenvalue weighted by Gasteiger charge is -2.25. The zero-order valence-electron chi connectivity index (χ0n) is 8.97. The molecule has 1 aliphatic carbocycles. The highest BCUT2D eigenvalue weighted by Gasteiger charge is 2.16. The largest absolute Gasteiger partial charge is 0.506 e. The number of nitrogens with one attached hydrogen (secondary N) is 1. The molecule has 1 aromatic carbocycles. The first-order valence-corrected chi connectivity index (χ1v) is 7.13. The lowest BCUT2D eigenvalue weighted by molar-refractivity contribution is 0.300. The molecule has 0 aromatic heterocycles. The van der Waals surface area contributed by atoms with Crippen molar-refractivity contribution in [2.45, 2.75) is 25.8 Å². The van der Waals surface area contributed by atoms with Crippen LogP contribution >= 0.6 is 31.9 Å². The first kappa shape index (κ1) is 12.4. The Bertz CT molecular complexity index is 378. The number of benzene rings is 1. The third-order valence-electron chi connectivity index (χ3n) is 3.08. The van der Waals surface area contributed by atoms with Gasteiger partial charge < -0.3 is 10.4 Å². The smallest absolute Gasteiger partial charge is 0.134 e. The van der Waals surface area contributed by atoms with E-state index in [9.17, 15) is 5.11 Å². The van der Waals surface area contributed by atoms with Crippen LogP contribution in [0, 0.1) is 5.92 Å². The van der Waals surface area contributed by atoms with E-state index in [0.29, 0.717) is 5.75 Å². The summed E-state index contributed by atoms with van der Waals surface area (Å²) >= 11 is 6.76. The van der Waals surface area contributed by atoms with Crippen molar-refractivity contribution in [1.29, 1.82) is 0 Å². The lowest BCUT2D eigenvalue weighted by atomic mass is 9.85. The van der Waals surface area contributed by atoms with E-state index in [4.69, 9.17) is 0 Å². The normalized spacial score (nSPS) is 16.1. The summed E-state index contributed by atoms with van der Waals surface area (Å²) in [4.78, 5) is 0. The fourth-order valence-electron chi connectivity index (χ4n) is 1.86. The van der Waals surface area contributed by atoms with Crippen molar-refractivity contribution in [2.75, 3.05) is 6.54 Å². The number of aromatic hydroxyl groups is 1. The minimum Gasteiger partial charge on any atom is -0.506 e. The van der Waals surface area contributed by atoms with Gasteiger partial charge in [-0.25, -0.2) is 0 Å². The number of rotatable bonds is 4. The van der Waals surface area contributed by atoms with Crippen LogP contribution in [-0.2, 0) is 6.54 Å². The van der Waals surface area contributed by atoms with Gasteiger partial charge in [-0.3, -0.25) is 0 Å². The predicted molar refractivity (Wildman–Crippen MR) is 72.6 cm³/mol. The summed E-state index contributed by atoms with van der Waals surface area (Å²) in [6, 6.07) is 3.80. The maximum absolute atomic E-state index is 9.85. The number of phenolic OH excluding ortho intramolecular Hbond substituents is 1. The Morgan fingerprint density at radius 2 is 2.06 bits per heavy atom. The highest BCUT2D eigenvalue weighted by Crippen LogP contribution is 2.32. The van der Waals surface area contributed by atoms with E-state index >= 15 is 0 Å². The van der Waals surface area contributed by atoms with Gasteiger partial charge in [-0.2, -0.15) is 0 Å². The Balaban J connectivity index is 1.92. The molecule has 16 heavy (non-hydrogen) atoms. The molecule has 1 fully saturated rings. The van der Waals surface area contributed by atoms with Gasteiger partial charge >= 0.3 is 0 Å². The molecule has 0 bridgehead atoms. The van der Waals surface area contributed by atoms with Crippen molar-refractivity contribution in [3.63, 3.8) is 0 Å². The standard InChI is InChI=1S/C12H15Br2NO/c13-10-4-9(12(16)11(14)5-10)7-15-6-8-2-1-3-8/h4-5,8,15-16H,1-3,6-7H2. The average Bonchev–Trinajstić information content (AvgIpc) is 2.16. The molecule has 4 heteroatoms. The van der Waals surface area contributed by atoms with Crippen molar-refractivity contribution in [3.05, 3.63) is 26.6 Å².